The first kappa shape index (κ1) is 12.3. The number of hydrogen-bond acceptors (Lipinski definition) is 4. The van der Waals surface area contributed by atoms with Crippen molar-refractivity contribution in [3.05, 3.63) is 38.5 Å². The second-order valence-corrected chi connectivity index (χ2v) is 5.18. The second kappa shape index (κ2) is 4.97. The molecule has 7 heteroatoms. The summed E-state index contributed by atoms with van der Waals surface area (Å²) >= 11 is 4.83. The lowest BCUT2D eigenvalue weighted by Gasteiger charge is -2.06. The number of aromatic nitrogens is 1. The minimum absolute atomic E-state index is 0.0478. The second-order valence-electron chi connectivity index (χ2n) is 3.27. The highest BCUT2D eigenvalue weighted by Crippen LogP contribution is 2.22. The molecular formula is C10H8BrF2N3S. The highest BCUT2D eigenvalue weighted by atomic mass is 79.9. The van der Waals surface area contributed by atoms with Gasteiger partial charge in [0.25, 0.3) is 0 Å². The van der Waals surface area contributed by atoms with Crippen LogP contribution in [0.1, 0.15) is 4.88 Å². The molecule has 0 fully saturated rings. The van der Waals surface area contributed by atoms with Gasteiger partial charge in [0.05, 0.1) is 6.54 Å². The summed E-state index contributed by atoms with van der Waals surface area (Å²) < 4.78 is 27.1. The fourth-order valence-electron chi connectivity index (χ4n) is 1.22. The van der Waals surface area contributed by atoms with Crippen LogP contribution in [0.4, 0.5) is 20.4 Å². The van der Waals surface area contributed by atoms with Crippen LogP contribution in [-0.4, -0.2) is 4.98 Å². The van der Waals surface area contributed by atoms with E-state index in [2.05, 4.69) is 26.2 Å². The minimum atomic E-state index is -0.855. The van der Waals surface area contributed by atoms with E-state index in [4.69, 9.17) is 5.73 Å². The Morgan fingerprint density at radius 2 is 2.12 bits per heavy atom. The van der Waals surface area contributed by atoms with Crippen LogP contribution in [0.15, 0.2) is 22.0 Å². The van der Waals surface area contributed by atoms with Crippen molar-refractivity contribution in [1.82, 2.24) is 4.98 Å². The number of hydrogen-bond donors (Lipinski definition) is 2. The monoisotopic (exact) mass is 319 g/mol. The fourth-order valence-corrected chi connectivity index (χ4v) is 2.61. The van der Waals surface area contributed by atoms with E-state index in [-0.39, 0.29) is 11.6 Å². The van der Waals surface area contributed by atoms with Gasteiger partial charge < -0.3 is 11.1 Å². The zero-order chi connectivity index (χ0) is 12.4. The third kappa shape index (κ3) is 2.92. The lowest BCUT2D eigenvalue weighted by atomic mass is 10.4. The molecule has 0 bridgehead atoms. The molecule has 2 aromatic rings. The first-order valence-electron chi connectivity index (χ1n) is 4.64. The highest BCUT2D eigenvalue weighted by Gasteiger charge is 2.09. The highest BCUT2D eigenvalue weighted by molar-refractivity contribution is 9.10. The van der Waals surface area contributed by atoms with Crippen molar-refractivity contribution in [2.24, 2.45) is 0 Å². The van der Waals surface area contributed by atoms with Crippen molar-refractivity contribution in [3.63, 3.8) is 0 Å². The Balaban J connectivity index is 2.11. The van der Waals surface area contributed by atoms with Crippen LogP contribution in [0, 0.1) is 11.6 Å². The Hall–Kier alpha value is -1.21. The summed E-state index contributed by atoms with van der Waals surface area (Å²) in [6, 6.07) is 2.62. The van der Waals surface area contributed by atoms with Gasteiger partial charge in [-0.3, -0.25) is 0 Å². The number of nitrogens with one attached hydrogen (secondary N) is 1. The number of anilines is 2. The van der Waals surface area contributed by atoms with Crippen molar-refractivity contribution in [1.29, 1.82) is 0 Å². The summed E-state index contributed by atoms with van der Waals surface area (Å²) in [5.41, 5.74) is 5.26. The molecule has 0 aromatic carbocycles. The molecule has 0 aliphatic heterocycles. The summed E-state index contributed by atoms with van der Waals surface area (Å²) in [5, 5.41) is 4.68. The summed E-state index contributed by atoms with van der Waals surface area (Å²) in [6.45, 7) is 0.408. The van der Waals surface area contributed by atoms with Crippen LogP contribution in [0.3, 0.4) is 0 Å². The van der Waals surface area contributed by atoms with Crippen LogP contribution in [0.25, 0.3) is 0 Å². The molecular weight excluding hydrogens is 312 g/mol. The van der Waals surface area contributed by atoms with Gasteiger partial charge in [-0.05, 0) is 22.0 Å². The Labute approximate surface area is 109 Å². The van der Waals surface area contributed by atoms with Crippen LogP contribution < -0.4 is 11.1 Å². The Kier molecular flexibility index (Phi) is 3.58. The van der Waals surface area contributed by atoms with Gasteiger partial charge in [0, 0.05) is 20.8 Å². The van der Waals surface area contributed by atoms with Gasteiger partial charge in [0.1, 0.15) is 0 Å². The largest absolute Gasteiger partial charge is 0.381 e. The van der Waals surface area contributed by atoms with Crippen molar-refractivity contribution in [2.75, 3.05) is 11.1 Å². The molecule has 0 amide bonds. The zero-order valence-corrected chi connectivity index (χ0v) is 10.9. The Morgan fingerprint density at radius 1 is 1.35 bits per heavy atom. The SMILES string of the molecule is Nc1nc(NCc2cc(Br)cs2)c(F)cc1F. The lowest BCUT2D eigenvalue weighted by molar-refractivity contribution is 0.579. The molecule has 2 rings (SSSR count). The predicted molar refractivity (Wildman–Crippen MR) is 67.9 cm³/mol. The van der Waals surface area contributed by atoms with E-state index in [0.717, 1.165) is 15.4 Å². The average molecular weight is 320 g/mol. The van der Waals surface area contributed by atoms with E-state index < -0.39 is 11.6 Å². The maximum absolute atomic E-state index is 13.3. The Bertz CT molecular complexity index is 544. The van der Waals surface area contributed by atoms with E-state index >= 15 is 0 Å². The van der Waals surface area contributed by atoms with Gasteiger partial charge in [-0.1, -0.05) is 0 Å². The molecule has 0 aliphatic rings. The zero-order valence-electron chi connectivity index (χ0n) is 8.51. The van der Waals surface area contributed by atoms with Crippen molar-refractivity contribution in [3.8, 4) is 0 Å². The maximum atomic E-state index is 13.3. The normalized spacial score (nSPS) is 10.5. The van der Waals surface area contributed by atoms with Crippen LogP contribution >= 0.6 is 27.3 Å². The number of nitrogen functional groups attached to an aromatic ring is 1. The maximum Gasteiger partial charge on any atom is 0.168 e. The number of nitrogens with two attached hydrogens (primary N) is 1. The van der Waals surface area contributed by atoms with E-state index in [1.54, 1.807) is 0 Å². The van der Waals surface area contributed by atoms with Gasteiger partial charge in [0.2, 0.25) is 0 Å². The van der Waals surface area contributed by atoms with E-state index in [1.807, 2.05) is 11.4 Å². The fraction of sp³-hybridized carbons (Fsp3) is 0.100. The van der Waals surface area contributed by atoms with Gasteiger partial charge in [-0.25, -0.2) is 13.8 Å². The molecule has 2 heterocycles. The van der Waals surface area contributed by atoms with E-state index in [9.17, 15) is 8.78 Å². The number of thiophene rings is 1. The van der Waals surface area contributed by atoms with Crippen LogP contribution in [0.2, 0.25) is 0 Å². The molecule has 0 aliphatic carbocycles. The van der Waals surface area contributed by atoms with Gasteiger partial charge >= 0.3 is 0 Å². The molecule has 90 valence electrons. The molecule has 0 unspecified atom stereocenters. The number of nitrogens with zero attached hydrogens (tertiary/aromatic N) is 1. The average Bonchev–Trinajstić information content (AvgIpc) is 2.68. The quantitative estimate of drug-likeness (QED) is 0.911. The molecule has 17 heavy (non-hydrogen) atoms. The molecule has 0 saturated heterocycles. The first-order chi connectivity index (χ1) is 8.06. The summed E-state index contributed by atoms with van der Waals surface area (Å²) in [6.07, 6.45) is 0. The van der Waals surface area contributed by atoms with Crippen LogP contribution in [-0.2, 0) is 6.54 Å². The number of rotatable bonds is 3. The first-order valence-corrected chi connectivity index (χ1v) is 6.32. The van der Waals surface area contributed by atoms with Crippen molar-refractivity contribution >= 4 is 38.9 Å². The lowest BCUT2D eigenvalue weighted by Crippen LogP contribution is -2.06. The third-order valence-corrected chi connectivity index (χ3v) is 3.71. The van der Waals surface area contributed by atoms with E-state index in [0.29, 0.717) is 6.54 Å². The smallest absolute Gasteiger partial charge is 0.168 e. The Morgan fingerprint density at radius 3 is 2.76 bits per heavy atom. The minimum Gasteiger partial charge on any atom is -0.381 e. The molecule has 0 spiro atoms. The molecule has 2 aromatic heterocycles. The predicted octanol–water partition coefficient (Wildman–Crippen LogP) is 3.38. The number of pyridine rings is 1. The van der Waals surface area contributed by atoms with Crippen molar-refractivity contribution in [2.45, 2.75) is 6.54 Å². The van der Waals surface area contributed by atoms with Crippen LogP contribution in [0.5, 0.6) is 0 Å². The topological polar surface area (TPSA) is 50.9 Å². The summed E-state index contributed by atoms with van der Waals surface area (Å²) in [7, 11) is 0. The van der Waals surface area contributed by atoms with Gasteiger partial charge in [-0.15, -0.1) is 11.3 Å². The third-order valence-electron chi connectivity index (χ3n) is 2.01. The van der Waals surface area contributed by atoms with Gasteiger partial charge in [0.15, 0.2) is 23.3 Å². The summed E-state index contributed by atoms with van der Waals surface area (Å²) in [5.74, 6) is -1.98. The summed E-state index contributed by atoms with van der Waals surface area (Å²) in [4.78, 5) is 4.60. The molecule has 0 radical (unpaired) electrons. The molecule has 3 nitrogen and oxygen atoms in total. The molecule has 3 N–H and O–H groups in total. The van der Waals surface area contributed by atoms with Crippen molar-refractivity contribution < 1.29 is 8.78 Å². The standard InChI is InChI=1S/C10H8BrF2N3S/c11-5-1-6(17-4-5)3-15-10-8(13)2-7(12)9(14)16-10/h1-2,4H,3H2,(H3,14,15,16). The molecule has 0 saturated carbocycles. The van der Waals surface area contributed by atoms with Gasteiger partial charge in [-0.2, -0.15) is 0 Å². The molecule has 0 atom stereocenters. The van der Waals surface area contributed by atoms with E-state index in [1.165, 1.54) is 11.3 Å². The number of halogens is 3.